The summed E-state index contributed by atoms with van der Waals surface area (Å²) in [4.78, 5) is 0. The number of aliphatic hydroxyl groups is 1. The zero-order chi connectivity index (χ0) is 17.7. The fourth-order valence-corrected chi connectivity index (χ4v) is 2.61. The lowest BCUT2D eigenvalue weighted by atomic mass is 10.0. The maximum absolute atomic E-state index is 10.6. The molecule has 0 saturated heterocycles. The Labute approximate surface area is 158 Å². The molecule has 0 unspecified atom stereocenters. The van der Waals surface area contributed by atoms with Crippen LogP contribution in [0.3, 0.4) is 0 Å². The Morgan fingerprint density at radius 1 is 1.12 bits per heavy atom. The average molecular weight is 388 g/mol. The number of phenolic OH excluding ortho intramolecular Hbond substituents is 1. The molecule has 0 aliphatic rings. The largest absolute Gasteiger partial charge is 0.508 e. The lowest BCUT2D eigenvalue weighted by molar-refractivity contribution is 0.131. The van der Waals surface area contributed by atoms with Gasteiger partial charge in [0.2, 0.25) is 0 Å². The number of hydrogen-bond acceptors (Lipinski definition) is 5. The summed E-state index contributed by atoms with van der Waals surface area (Å²) in [5.41, 5.74) is 1.30. The summed E-state index contributed by atoms with van der Waals surface area (Å²) in [5.74, 6) is 1.39. The Morgan fingerprint density at radius 2 is 1.84 bits per heavy atom. The summed E-state index contributed by atoms with van der Waals surface area (Å²) < 4.78 is 10.5. The second-order valence-electron chi connectivity index (χ2n) is 5.50. The number of nitrogens with one attached hydrogen (secondary N) is 1. The molecule has 2 rings (SSSR count). The van der Waals surface area contributed by atoms with Gasteiger partial charge in [0, 0.05) is 28.7 Å². The number of ether oxygens (including phenoxy) is 2. The number of hydrogen-bond donors (Lipinski definition) is 3. The van der Waals surface area contributed by atoms with Gasteiger partial charge in [0.15, 0.2) is 0 Å². The van der Waals surface area contributed by atoms with Gasteiger partial charge in [-0.15, -0.1) is 12.4 Å². The van der Waals surface area contributed by atoms with E-state index in [1.807, 2.05) is 6.92 Å². The molecule has 138 valence electrons. The van der Waals surface area contributed by atoms with Crippen molar-refractivity contribution in [2.75, 3.05) is 14.2 Å². The van der Waals surface area contributed by atoms with Gasteiger partial charge in [-0.05, 0) is 43.3 Å². The predicted molar refractivity (Wildman–Crippen MR) is 101 cm³/mol. The monoisotopic (exact) mass is 387 g/mol. The van der Waals surface area contributed by atoms with Crippen LogP contribution in [-0.2, 0) is 6.54 Å². The highest BCUT2D eigenvalue weighted by atomic mass is 35.5. The molecule has 7 heteroatoms. The Balaban J connectivity index is 0.00000312. The van der Waals surface area contributed by atoms with Crippen molar-refractivity contribution in [2.24, 2.45) is 0 Å². The lowest BCUT2D eigenvalue weighted by Crippen LogP contribution is -2.32. The van der Waals surface area contributed by atoms with Crippen LogP contribution in [0.2, 0.25) is 5.02 Å². The van der Waals surface area contributed by atoms with E-state index in [4.69, 9.17) is 21.1 Å². The van der Waals surface area contributed by atoms with E-state index < -0.39 is 6.10 Å². The van der Waals surface area contributed by atoms with Crippen LogP contribution < -0.4 is 14.8 Å². The highest BCUT2D eigenvalue weighted by molar-refractivity contribution is 6.30. The van der Waals surface area contributed by atoms with E-state index >= 15 is 0 Å². The molecule has 2 atom stereocenters. The number of phenols is 1. The fourth-order valence-electron chi connectivity index (χ4n) is 2.42. The topological polar surface area (TPSA) is 71.0 Å². The molecular formula is C18H23Cl2NO4. The minimum absolute atomic E-state index is 0. The van der Waals surface area contributed by atoms with E-state index in [9.17, 15) is 10.2 Å². The second kappa shape index (κ2) is 9.73. The van der Waals surface area contributed by atoms with Crippen molar-refractivity contribution in [1.82, 2.24) is 5.32 Å². The van der Waals surface area contributed by atoms with Crippen molar-refractivity contribution in [2.45, 2.75) is 25.6 Å². The molecule has 0 saturated carbocycles. The number of rotatable bonds is 7. The number of halogens is 2. The van der Waals surface area contributed by atoms with Crippen LogP contribution in [0.25, 0.3) is 0 Å². The first-order valence-corrected chi connectivity index (χ1v) is 7.94. The standard InChI is InChI=1S/C18H22ClNO4.ClH/c1-11(20-10-12-8-13(19)4-6-16(12)21)18(22)15-9-14(23-2)5-7-17(15)24-3;/h4-9,11,18,20-22H,10H2,1-3H3;1H/t11-,18-;/m1./s1. The molecule has 25 heavy (non-hydrogen) atoms. The molecule has 2 aromatic rings. The molecule has 0 aliphatic carbocycles. The molecule has 0 radical (unpaired) electrons. The van der Waals surface area contributed by atoms with Crippen molar-refractivity contribution in [3.63, 3.8) is 0 Å². The molecule has 0 spiro atoms. The number of methoxy groups -OCH3 is 2. The summed E-state index contributed by atoms with van der Waals surface area (Å²) in [5, 5.41) is 24.2. The SMILES string of the molecule is COc1ccc(OC)c([C@H](O)[C@@H](C)NCc2cc(Cl)ccc2O)c1.Cl. The number of aliphatic hydroxyl groups excluding tert-OH is 1. The van der Waals surface area contributed by atoms with E-state index in [2.05, 4.69) is 5.32 Å². The van der Waals surface area contributed by atoms with Gasteiger partial charge in [0.05, 0.1) is 20.3 Å². The molecule has 0 amide bonds. The van der Waals surface area contributed by atoms with E-state index in [0.29, 0.717) is 34.2 Å². The molecule has 0 aromatic heterocycles. The molecule has 0 bridgehead atoms. The first kappa shape index (κ1) is 21.4. The second-order valence-corrected chi connectivity index (χ2v) is 5.93. The third-order valence-electron chi connectivity index (χ3n) is 3.89. The summed E-state index contributed by atoms with van der Waals surface area (Å²) in [6.07, 6.45) is -0.809. The normalized spacial score (nSPS) is 12.8. The summed E-state index contributed by atoms with van der Waals surface area (Å²) >= 11 is 5.94. The summed E-state index contributed by atoms with van der Waals surface area (Å²) in [6, 6.07) is 9.85. The van der Waals surface area contributed by atoms with Gasteiger partial charge in [-0.3, -0.25) is 0 Å². The Kier molecular flexibility index (Phi) is 8.32. The number of aromatic hydroxyl groups is 1. The minimum Gasteiger partial charge on any atom is -0.508 e. The maximum Gasteiger partial charge on any atom is 0.124 e. The van der Waals surface area contributed by atoms with Gasteiger partial charge in [-0.1, -0.05) is 11.6 Å². The van der Waals surface area contributed by atoms with Gasteiger partial charge in [-0.2, -0.15) is 0 Å². The van der Waals surface area contributed by atoms with Crippen LogP contribution in [0.4, 0.5) is 0 Å². The molecule has 3 N–H and O–H groups in total. The van der Waals surface area contributed by atoms with Crippen molar-refractivity contribution >= 4 is 24.0 Å². The van der Waals surface area contributed by atoms with Gasteiger partial charge < -0.3 is 25.0 Å². The molecule has 0 heterocycles. The van der Waals surface area contributed by atoms with Gasteiger partial charge in [0.25, 0.3) is 0 Å². The van der Waals surface area contributed by atoms with Crippen LogP contribution in [0.5, 0.6) is 17.2 Å². The van der Waals surface area contributed by atoms with Crippen molar-refractivity contribution in [3.05, 3.63) is 52.5 Å². The third kappa shape index (κ3) is 5.41. The van der Waals surface area contributed by atoms with Gasteiger partial charge >= 0.3 is 0 Å². The quantitative estimate of drug-likeness (QED) is 0.675. The summed E-state index contributed by atoms with van der Waals surface area (Å²) in [6.45, 7) is 2.22. The zero-order valence-electron chi connectivity index (χ0n) is 14.3. The summed E-state index contributed by atoms with van der Waals surface area (Å²) in [7, 11) is 3.13. The highest BCUT2D eigenvalue weighted by Crippen LogP contribution is 2.31. The maximum atomic E-state index is 10.6. The zero-order valence-corrected chi connectivity index (χ0v) is 15.9. The molecular weight excluding hydrogens is 365 g/mol. The van der Waals surface area contributed by atoms with Crippen LogP contribution in [0.15, 0.2) is 36.4 Å². The molecule has 0 aliphatic heterocycles. The van der Waals surface area contributed by atoms with E-state index in [1.165, 1.54) is 0 Å². The van der Waals surface area contributed by atoms with Gasteiger partial charge in [-0.25, -0.2) is 0 Å². The third-order valence-corrected chi connectivity index (χ3v) is 4.12. The van der Waals surface area contributed by atoms with E-state index in [1.54, 1.807) is 50.6 Å². The van der Waals surface area contributed by atoms with E-state index in [-0.39, 0.29) is 24.2 Å². The van der Waals surface area contributed by atoms with Crippen molar-refractivity contribution in [1.29, 1.82) is 0 Å². The smallest absolute Gasteiger partial charge is 0.124 e. The van der Waals surface area contributed by atoms with Crippen LogP contribution >= 0.6 is 24.0 Å². The average Bonchev–Trinajstić information content (AvgIpc) is 2.60. The van der Waals surface area contributed by atoms with E-state index in [0.717, 1.165) is 0 Å². The van der Waals surface area contributed by atoms with Gasteiger partial charge in [0.1, 0.15) is 17.2 Å². The molecule has 5 nitrogen and oxygen atoms in total. The molecule has 0 fully saturated rings. The fraction of sp³-hybridized carbons (Fsp3) is 0.333. The van der Waals surface area contributed by atoms with Crippen LogP contribution in [0, 0.1) is 0 Å². The van der Waals surface area contributed by atoms with Crippen molar-refractivity contribution < 1.29 is 19.7 Å². The Bertz CT molecular complexity index is 697. The van der Waals surface area contributed by atoms with Crippen LogP contribution in [0.1, 0.15) is 24.2 Å². The Hall–Kier alpha value is -1.66. The van der Waals surface area contributed by atoms with Crippen molar-refractivity contribution in [3.8, 4) is 17.2 Å². The predicted octanol–water partition coefficient (Wildman–Crippen LogP) is 3.70. The first-order chi connectivity index (χ1) is 11.5. The lowest BCUT2D eigenvalue weighted by Gasteiger charge is -2.23. The molecule has 2 aromatic carbocycles. The Morgan fingerprint density at radius 3 is 2.48 bits per heavy atom. The van der Waals surface area contributed by atoms with Crippen LogP contribution in [-0.4, -0.2) is 30.5 Å². The highest BCUT2D eigenvalue weighted by Gasteiger charge is 2.21. The first-order valence-electron chi connectivity index (χ1n) is 7.57. The number of benzene rings is 2. The minimum atomic E-state index is -0.809.